The van der Waals surface area contributed by atoms with Crippen molar-refractivity contribution in [3.05, 3.63) is 0 Å². The minimum atomic E-state index is 0.553. The summed E-state index contributed by atoms with van der Waals surface area (Å²) < 4.78 is 0. The van der Waals surface area contributed by atoms with E-state index in [4.69, 9.17) is 0 Å². The summed E-state index contributed by atoms with van der Waals surface area (Å²) in [6.45, 7) is 14.6. The maximum absolute atomic E-state index is 3.74. The molecule has 1 aliphatic carbocycles. The van der Waals surface area contributed by atoms with Crippen molar-refractivity contribution in [1.82, 2.24) is 10.2 Å². The van der Waals surface area contributed by atoms with E-state index in [0.717, 1.165) is 11.8 Å². The standard InChI is InChI=1S/C18H36N2/c1-15(2)19-13-18(9-5-16(3)6-10-18)14-20-11-7-17(4)8-12-20/h15-17,19H,5-14H2,1-4H3. The van der Waals surface area contributed by atoms with Crippen LogP contribution in [-0.4, -0.2) is 37.1 Å². The molecule has 0 spiro atoms. The van der Waals surface area contributed by atoms with E-state index in [1.165, 1.54) is 64.7 Å². The molecule has 0 amide bonds. The van der Waals surface area contributed by atoms with Gasteiger partial charge in [0.25, 0.3) is 0 Å². The molecule has 20 heavy (non-hydrogen) atoms. The Bertz CT molecular complexity index is 271. The number of hydrogen-bond acceptors (Lipinski definition) is 2. The highest BCUT2D eigenvalue weighted by Crippen LogP contribution is 2.39. The normalized spacial score (nSPS) is 33.8. The molecule has 1 heterocycles. The van der Waals surface area contributed by atoms with Gasteiger partial charge in [-0.2, -0.15) is 0 Å². The predicted molar refractivity (Wildman–Crippen MR) is 88.0 cm³/mol. The molecular weight excluding hydrogens is 244 g/mol. The van der Waals surface area contributed by atoms with E-state index >= 15 is 0 Å². The van der Waals surface area contributed by atoms with Gasteiger partial charge in [-0.15, -0.1) is 0 Å². The van der Waals surface area contributed by atoms with Crippen LogP contribution in [0.1, 0.15) is 66.2 Å². The zero-order valence-corrected chi connectivity index (χ0v) is 14.3. The molecule has 0 radical (unpaired) electrons. The largest absolute Gasteiger partial charge is 0.314 e. The Kier molecular flexibility index (Phi) is 5.92. The van der Waals surface area contributed by atoms with Crippen molar-refractivity contribution in [3.8, 4) is 0 Å². The molecule has 118 valence electrons. The van der Waals surface area contributed by atoms with Gasteiger partial charge in [0, 0.05) is 19.1 Å². The number of nitrogens with zero attached hydrogens (tertiary/aromatic N) is 1. The van der Waals surface area contributed by atoms with Gasteiger partial charge >= 0.3 is 0 Å². The summed E-state index contributed by atoms with van der Waals surface area (Å²) in [7, 11) is 0. The topological polar surface area (TPSA) is 15.3 Å². The Morgan fingerprint density at radius 1 is 1.00 bits per heavy atom. The van der Waals surface area contributed by atoms with Gasteiger partial charge in [-0.25, -0.2) is 0 Å². The highest BCUT2D eigenvalue weighted by atomic mass is 15.1. The number of rotatable bonds is 5. The van der Waals surface area contributed by atoms with Crippen LogP contribution in [0.3, 0.4) is 0 Å². The van der Waals surface area contributed by atoms with Crippen molar-refractivity contribution in [2.75, 3.05) is 26.2 Å². The smallest absolute Gasteiger partial charge is 0.00501 e. The summed E-state index contributed by atoms with van der Waals surface area (Å²) in [6, 6.07) is 0.618. The van der Waals surface area contributed by atoms with E-state index < -0.39 is 0 Å². The van der Waals surface area contributed by atoms with E-state index in [2.05, 4.69) is 37.9 Å². The molecule has 1 aliphatic heterocycles. The van der Waals surface area contributed by atoms with Gasteiger partial charge in [0.2, 0.25) is 0 Å². The predicted octanol–water partition coefficient (Wildman–Crippen LogP) is 3.91. The van der Waals surface area contributed by atoms with Crippen LogP contribution in [0, 0.1) is 17.3 Å². The Hall–Kier alpha value is -0.0800. The SMILES string of the molecule is CC1CCN(CC2(CNC(C)C)CCC(C)CC2)CC1. The van der Waals surface area contributed by atoms with Crippen LogP contribution < -0.4 is 5.32 Å². The Morgan fingerprint density at radius 3 is 2.10 bits per heavy atom. The summed E-state index contributed by atoms with van der Waals surface area (Å²) in [6.07, 6.45) is 8.54. The first-order valence-corrected chi connectivity index (χ1v) is 8.95. The maximum Gasteiger partial charge on any atom is 0.00501 e. The van der Waals surface area contributed by atoms with Crippen molar-refractivity contribution in [3.63, 3.8) is 0 Å². The van der Waals surface area contributed by atoms with Crippen LogP contribution in [0.15, 0.2) is 0 Å². The van der Waals surface area contributed by atoms with Crippen molar-refractivity contribution < 1.29 is 0 Å². The minimum absolute atomic E-state index is 0.553. The quantitative estimate of drug-likeness (QED) is 0.821. The van der Waals surface area contributed by atoms with Gasteiger partial charge in [-0.1, -0.05) is 40.5 Å². The highest BCUT2D eigenvalue weighted by Gasteiger charge is 2.36. The fourth-order valence-corrected chi connectivity index (χ4v) is 3.88. The lowest BCUT2D eigenvalue weighted by atomic mass is 9.70. The molecule has 0 atom stereocenters. The summed E-state index contributed by atoms with van der Waals surface area (Å²) in [4.78, 5) is 2.76. The van der Waals surface area contributed by atoms with Crippen LogP contribution in [0.4, 0.5) is 0 Å². The molecule has 0 aromatic carbocycles. The molecule has 2 nitrogen and oxygen atoms in total. The summed E-state index contributed by atoms with van der Waals surface area (Å²) in [5, 5.41) is 3.74. The Balaban J connectivity index is 1.91. The van der Waals surface area contributed by atoms with Crippen molar-refractivity contribution in [2.45, 2.75) is 72.3 Å². The van der Waals surface area contributed by atoms with E-state index in [0.29, 0.717) is 11.5 Å². The Labute approximate surface area is 126 Å². The third-order valence-electron chi connectivity index (χ3n) is 5.66. The zero-order valence-electron chi connectivity index (χ0n) is 14.3. The molecule has 2 rings (SSSR count). The minimum Gasteiger partial charge on any atom is -0.314 e. The van der Waals surface area contributed by atoms with E-state index in [1.54, 1.807) is 0 Å². The monoisotopic (exact) mass is 280 g/mol. The summed E-state index contributed by atoms with van der Waals surface area (Å²) >= 11 is 0. The molecule has 0 unspecified atom stereocenters. The lowest BCUT2D eigenvalue weighted by Crippen LogP contribution is -2.49. The van der Waals surface area contributed by atoms with Crippen LogP contribution in [0.5, 0.6) is 0 Å². The maximum atomic E-state index is 3.74. The van der Waals surface area contributed by atoms with Crippen LogP contribution in [0.25, 0.3) is 0 Å². The van der Waals surface area contributed by atoms with Crippen molar-refractivity contribution >= 4 is 0 Å². The lowest BCUT2D eigenvalue weighted by molar-refractivity contribution is 0.0666. The van der Waals surface area contributed by atoms with Gasteiger partial charge in [-0.3, -0.25) is 0 Å². The summed E-state index contributed by atoms with van der Waals surface area (Å²) in [5.74, 6) is 1.89. The second kappa shape index (κ2) is 7.26. The molecule has 1 N–H and O–H groups in total. The van der Waals surface area contributed by atoms with Crippen molar-refractivity contribution in [1.29, 1.82) is 0 Å². The number of hydrogen-bond donors (Lipinski definition) is 1. The second-order valence-corrected chi connectivity index (χ2v) is 8.18. The number of nitrogens with one attached hydrogen (secondary N) is 1. The third kappa shape index (κ3) is 4.73. The second-order valence-electron chi connectivity index (χ2n) is 8.18. The molecule has 0 bridgehead atoms. The molecule has 0 aromatic rings. The molecule has 2 fully saturated rings. The third-order valence-corrected chi connectivity index (χ3v) is 5.66. The van der Waals surface area contributed by atoms with Gasteiger partial charge in [0.15, 0.2) is 0 Å². The molecular formula is C18H36N2. The first-order chi connectivity index (χ1) is 9.49. The van der Waals surface area contributed by atoms with E-state index in [9.17, 15) is 0 Å². The van der Waals surface area contributed by atoms with Gasteiger partial charge in [0.1, 0.15) is 0 Å². The van der Waals surface area contributed by atoms with Crippen LogP contribution in [0.2, 0.25) is 0 Å². The fraction of sp³-hybridized carbons (Fsp3) is 1.00. The highest BCUT2D eigenvalue weighted by molar-refractivity contribution is 4.90. The average molecular weight is 280 g/mol. The van der Waals surface area contributed by atoms with Gasteiger partial charge in [-0.05, 0) is 56.0 Å². The lowest BCUT2D eigenvalue weighted by Gasteiger charge is -2.45. The van der Waals surface area contributed by atoms with Crippen LogP contribution in [-0.2, 0) is 0 Å². The van der Waals surface area contributed by atoms with Gasteiger partial charge < -0.3 is 10.2 Å². The first kappa shape index (κ1) is 16.3. The molecule has 2 aliphatic rings. The van der Waals surface area contributed by atoms with E-state index in [-0.39, 0.29) is 0 Å². The number of piperidine rings is 1. The van der Waals surface area contributed by atoms with Crippen LogP contribution >= 0.6 is 0 Å². The first-order valence-electron chi connectivity index (χ1n) is 8.95. The average Bonchev–Trinajstić information content (AvgIpc) is 2.43. The van der Waals surface area contributed by atoms with Crippen molar-refractivity contribution in [2.24, 2.45) is 17.3 Å². The molecule has 1 saturated carbocycles. The fourth-order valence-electron chi connectivity index (χ4n) is 3.88. The molecule has 0 aromatic heterocycles. The number of likely N-dealkylation sites (tertiary alicyclic amines) is 1. The van der Waals surface area contributed by atoms with E-state index in [1.807, 2.05) is 0 Å². The van der Waals surface area contributed by atoms with Gasteiger partial charge in [0.05, 0.1) is 0 Å². The molecule has 2 heteroatoms. The zero-order chi connectivity index (χ0) is 14.6. The Morgan fingerprint density at radius 2 is 1.55 bits per heavy atom. The molecule has 1 saturated heterocycles. The summed E-state index contributed by atoms with van der Waals surface area (Å²) in [5.41, 5.74) is 0.553.